The Balaban J connectivity index is 1.78. The molecule has 0 aromatic heterocycles. The highest BCUT2D eigenvalue weighted by Gasteiger charge is 2.24. The third-order valence-electron chi connectivity index (χ3n) is 4.05. The molecule has 17 heavy (non-hydrogen) atoms. The molecule has 0 aromatic carbocycles. The van der Waals surface area contributed by atoms with Crippen molar-refractivity contribution < 1.29 is 4.79 Å². The lowest BCUT2D eigenvalue weighted by Gasteiger charge is -2.34. The summed E-state index contributed by atoms with van der Waals surface area (Å²) >= 11 is 0. The molecule has 1 saturated carbocycles. The normalized spacial score (nSPS) is 26.9. The van der Waals surface area contributed by atoms with Gasteiger partial charge in [0.15, 0.2) is 0 Å². The summed E-state index contributed by atoms with van der Waals surface area (Å²) in [5.74, 6) is 0. The molecule has 2 fully saturated rings. The number of urea groups is 1. The summed E-state index contributed by atoms with van der Waals surface area (Å²) in [5.41, 5.74) is 0. The SMILES string of the molecule is CNC1CCCN(C(=O)NC2CCCCC2)C1. The van der Waals surface area contributed by atoms with Gasteiger partial charge in [0, 0.05) is 25.2 Å². The number of likely N-dealkylation sites (N-methyl/N-ethyl adjacent to an activating group) is 1. The number of nitrogens with one attached hydrogen (secondary N) is 2. The van der Waals surface area contributed by atoms with Gasteiger partial charge in [0.2, 0.25) is 0 Å². The second-order valence-electron chi connectivity index (χ2n) is 5.36. The van der Waals surface area contributed by atoms with Crippen LogP contribution >= 0.6 is 0 Å². The number of carbonyl (C=O) groups excluding carboxylic acids is 1. The number of nitrogens with zero attached hydrogens (tertiary/aromatic N) is 1. The van der Waals surface area contributed by atoms with Crippen molar-refractivity contribution in [2.45, 2.75) is 57.0 Å². The highest BCUT2D eigenvalue weighted by Crippen LogP contribution is 2.18. The van der Waals surface area contributed by atoms with E-state index in [1.54, 1.807) is 0 Å². The van der Waals surface area contributed by atoms with Crippen molar-refractivity contribution in [2.75, 3.05) is 20.1 Å². The molecule has 4 nitrogen and oxygen atoms in total. The third kappa shape index (κ3) is 3.60. The van der Waals surface area contributed by atoms with E-state index in [0.29, 0.717) is 12.1 Å². The van der Waals surface area contributed by atoms with E-state index in [1.165, 1.54) is 25.7 Å². The quantitative estimate of drug-likeness (QED) is 0.770. The van der Waals surface area contributed by atoms with Crippen molar-refractivity contribution in [2.24, 2.45) is 0 Å². The van der Waals surface area contributed by atoms with Crippen LogP contribution in [0.5, 0.6) is 0 Å². The van der Waals surface area contributed by atoms with Crippen LogP contribution in [-0.2, 0) is 0 Å². The van der Waals surface area contributed by atoms with Gasteiger partial charge in [-0.05, 0) is 32.7 Å². The van der Waals surface area contributed by atoms with Gasteiger partial charge in [-0.3, -0.25) is 0 Å². The van der Waals surface area contributed by atoms with E-state index in [4.69, 9.17) is 0 Å². The Hall–Kier alpha value is -0.770. The summed E-state index contributed by atoms with van der Waals surface area (Å²) in [5, 5.41) is 6.46. The van der Waals surface area contributed by atoms with E-state index >= 15 is 0 Å². The monoisotopic (exact) mass is 239 g/mol. The molecule has 0 radical (unpaired) electrons. The molecule has 0 spiro atoms. The van der Waals surface area contributed by atoms with Gasteiger partial charge in [0.1, 0.15) is 0 Å². The zero-order chi connectivity index (χ0) is 12.1. The number of hydrogen-bond donors (Lipinski definition) is 2. The highest BCUT2D eigenvalue weighted by molar-refractivity contribution is 5.74. The summed E-state index contributed by atoms with van der Waals surface area (Å²) < 4.78 is 0. The van der Waals surface area contributed by atoms with Crippen LogP contribution in [0.2, 0.25) is 0 Å². The second kappa shape index (κ2) is 6.24. The number of piperidine rings is 1. The maximum Gasteiger partial charge on any atom is 0.317 e. The number of rotatable bonds is 2. The van der Waals surface area contributed by atoms with E-state index < -0.39 is 0 Å². The van der Waals surface area contributed by atoms with E-state index in [9.17, 15) is 4.79 Å². The first-order valence-corrected chi connectivity index (χ1v) is 7.02. The Bertz CT molecular complexity index is 251. The second-order valence-corrected chi connectivity index (χ2v) is 5.36. The Kier molecular flexibility index (Phi) is 4.66. The van der Waals surface area contributed by atoms with Crippen LogP contribution in [0.1, 0.15) is 44.9 Å². The van der Waals surface area contributed by atoms with Crippen LogP contribution in [0.4, 0.5) is 4.79 Å². The number of amides is 2. The van der Waals surface area contributed by atoms with Gasteiger partial charge in [0.25, 0.3) is 0 Å². The molecule has 0 bridgehead atoms. The number of carbonyl (C=O) groups is 1. The van der Waals surface area contributed by atoms with E-state index in [1.807, 2.05) is 11.9 Å². The Morgan fingerprint density at radius 1 is 1.06 bits per heavy atom. The molecule has 0 aromatic rings. The predicted molar refractivity (Wildman–Crippen MR) is 69.1 cm³/mol. The average Bonchev–Trinajstić information content (AvgIpc) is 2.40. The molecule has 1 aliphatic carbocycles. The van der Waals surface area contributed by atoms with Crippen molar-refractivity contribution in [3.63, 3.8) is 0 Å². The first-order chi connectivity index (χ1) is 8.29. The van der Waals surface area contributed by atoms with Crippen LogP contribution in [0.3, 0.4) is 0 Å². The highest BCUT2D eigenvalue weighted by atomic mass is 16.2. The maximum absolute atomic E-state index is 12.1. The minimum absolute atomic E-state index is 0.150. The molecule has 2 amide bonds. The van der Waals surface area contributed by atoms with Crippen LogP contribution < -0.4 is 10.6 Å². The molecule has 2 aliphatic rings. The molecule has 1 atom stereocenters. The largest absolute Gasteiger partial charge is 0.335 e. The van der Waals surface area contributed by atoms with Gasteiger partial charge < -0.3 is 15.5 Å². The minimum Gasteiger partial charge on any atom is -0.335 e. The topological polar surface area (TPSA) is 44.4 Å². The predicted octanol–water partition coefficient (Wildman–Crippen LogP) is 1.71. The van der Waals surface area contributed by atoms with Crippen molar-refractivity contribution in [3.8, 4) is 0 Å². The Morgan fingerprint density at radius 3 is 2.47 bits per heavy atom. The van der Waals surface area contributed by atoms with E-state index in [0.717, 1.165) is 32.4 Å². The fourth-order valence-electron chi connectivity index (χ4n) is 2.91. The molecular formula is C13H25N3O. The third-order valence-corrected chi connectivity index (χ3v) is 4.05. The zero-order valence-electron chi connectivity index (χ0n) is 10.9. The molecule has 1 unspecified atom stereocenters. The van der Waals surface area contributed by atoms with Crippen LogP contribution in [0.25, 0.3) is 0 Å². The molecule has 1 saturated heterocycles. The first-order valence-electron chi connectivity index (χ1n) is 7.02. The average molecular weight is 239 g/mol. The molecule has 1 aliphatic heterocycles. The smallest absolute Gasteiger partial charge is 0.317 e. The Morgan fingerprint density at radius 2 is 1.76 bits per heavy atom. The fraction of sp³-hybridized carbons (Fsp3) is 0.923. The molecule has 98 valence electrons. The first kappa shape index (κ1) is 12.7. The molecule has 2 rings (SSSR count). The van der Waals surface area contributed by atoms with Gasteiger partial charge in [-0.2, -0.15) is 0 Å². The van der Waals surface area contributed by atoms with Crippen LogP contribution in [0.15, 0.2) is 0 Å². The van der Waals surface area contributed by atoms with E-state index in [2.05, 4.69) is 10.6 Å². The van der Waals surface area contributed by atoms with Crippen LogP contribution in [0, 0.1) is 0 Å². The van der Waals surface area contributed by atoms with Gasteiger partial charge in [-0.15, -0.1) is 0 Å². The van der Waals surface area contributed by atoms with Gasteiger partial charge in [-0.25, -0.2) is 4.79 Å². The molecule has 4 heteroatoms. The Labute approximate surface area is 104 Å². The summed E-state index contributed by atoms with van der Waals surface area (Å²) in [4.78, 5) is 14.1. The standard InChI is InChI=1S/C13H25N3O/c1-14-12-8-5-9-16(10-12)13(17)15-11-6-3-2-4-7-11/h11-12,14H,2-10H2,1H3,(H,15,17). The number of hydrogen-bond acceptors (Lipinski definition) is 2. The van der Waals surface area contributed by atoms with Crippen molar-refractivity contribution >= 4 is 6.03 Å². The summed E-state index contributed by atoms with van der Waals surface area (Å²) in [6, 6.07) is 1.05. The lowest BCUT2D eigenvalue weighted by atomic mass is 9.95. The summed E-state index contributed by atoms with van der Waals surface area (Å²) in [6.45, 7) is 1.77. The summed E-state index contributed by atoms with van der Waals surface area (Å²) in [6.07, 6.45) is 8.49. The molecule has 1 heterocycles. The van der Waals surface area contributed by atoms with Crippen molar-refractivity contribution in [1.29, 1.82) is 0 Å². The van der Waals surface area contributed by atoms with Gasteiger partial charge in [-0.1, -0.05) is 19.3 Å². The fourth-order valence-corrected chi connectivity index (χ4v) is 2.91. The molecule has 2 N–H and O–H groups in total. The van der Waals surface area contributed by atoms with Gasteiger partial charge >= 0.3 is 6.03 Å². The minimum atomic E-state index is 0.150. The lowest BCUT2D eigenvalue weighted by Crippen LogP contribution is -2.52. The van der Waals surface area contributed by atoms with Crippen molar-refractivity contribution in [3.05, 3.63) is 0 Å². The van der Waals surface area contributed by atoms with E-state index in [-0.39, 0.29) is 6.03 Å². The van der Waals surface area contributed by atoms with Crippen molar-refractivity contribution in [1.82, 2.24) is 15.5 Å². The maximum atomic E-state index is 12.1. The zero-order valence-corrected chi connectivity index (χ0v) is 10.9. The molecular weight excluding hydrogens is 214 g/mol. The van der Waals surface area contributed by atoms with Gasteiger partial charge in [0.05, 0.1) is 0 Å². The lowest BCUT2D eigenvalue weighted by molar-refractivity contribution is 0.168. The van der Waals surface area contributed by atoms with Crippen LogP contribution in [-0.4, -0.2) is 43.2 Å². The summed E-state index contributed by atoms with van der Waals surface area (Å²) in [7, 11) is 1.98. The number of likely N-dealkylation sites (tertiary alicyclic amines) is 1.